The second kappa shape index (κ2) is 10.7. The molecule has 0 saturated carbocycles. The average Bonchev–Trinajstić information content (AvgIpc) is 2.53. The summed E-state index contributed by atoms with van der Waals surface area (Å²) in [4.78, 5) is 6.77. The van der Waals surface area contributed by atoms with Crippen LogP contribution in [-0.2, 0) is 6.42 Å². The van der Waals surface area contributed by atoms with Crippen molar-refractivity contribution in [2.24, 2.45) is 16.6 Å². The number of hydrogen-bond acceptors (Lipinski definition) is 2. The molecule has 1 atom stereocenters. The molecule has 1 saturated heterocycles. The molecular weight excluding hydrogens is 401 g/mol. The molecule has 1 aliphatic heterocycles. The highest BCUT2D eigenvalue weighted by atomic mass is 127. The van der Waals surface area contributed by atoms with Gasteiger partial charge in [-0.15, -0.1) is 24.0 Å². The van der Waals surface area contributed by atoms with Crippen molar-refractivity contribution < 1.29 is 4.74 Å². The number of aliphatic imine (C=N–C) groups is 1. The molecule has 1 aliphatic rings. The molecule has 2 rings (SSSR count). The number of guanidine groups is 1. The number of rotatable bonds is 6. The summed E-state index contributed by atoms with van der Waals surface area (Å²) >= 11 is 0. The molecule has 0 amide bonds. The lowest BCUT2D eigenvalue weighted by Crippen LogP contribution is -2.43. The number of likely N-dealkylation sites (tertiary alicyclic amines) is 1. The quantitative estimate of drug-likeness (QED) is 0.425. The maximum absolute atomic E-state index is 6.12. The van der Waals surface area contributed by atoms with Crippen molar-refractivity contribution in [1.82, 2.24) is 4.90 Å². The van der Waals surface area contributed by atoms with Crippen molar-refractivity contribution in [2.45, 2.75) is 39.5 Å². The molecule has 130 valence electrons. The number of benzene rings is 1. The zero-order valence-electron chi connectivity index (χ0n) is 14.3. The van der Waals surface area contributed by atoms with Gasteiger partial charge in [0.25, 0.3) is 0 Å². The Morgan fingerprint density at radius 2 is 2.26 bits per heavy atom. The highest BCUT2D eigenvalue weighted by molar-refractivity contribution is 14.0. The normalized spacial score (nSPS) is 18.4. The van der Waals surface area contributed by atoms with E-state index in [1.165, 1.54) is 18.4 Å². The number of halogens is 1. The van der Waals surface area contributed by atoms with Gasteiger partial charge in [-0.2, -0.15) is 0 Å². The van der Waals surface area contributed by atoms with E-state index in [4.69, 9.17) is 10.5 Å². The molecule has 1 aromatic rings. The first-order chi connectivity index (χ1) is 10.7. The fourth-order valence-corrected chi connectivity index (χ4v) is 2.81. The Morgan fingerprint density at radius 1 is 1.43 bits per heavy atom. The number of nitrogens with zero attached hydrogens (tertiary/aromatic N) is 2. The molecule has 0 bridgehead atoms. The Bertz CT molecular complexity index is 493. The lowest BCUT2D eigenvalue weighted by Gasteiger charge is -2.31. The van der Waals surface area contributed by atoms with Crippen LogP contribution in [0, 0.1) is 5.92 Å². The van der Waals surface area contributed by atoms with Gasteiger partial charge >= 0.3 is 0 Å². The van der Waals surface area contributed by atoms with Gasteiger partial charge in [0.15, 0.2) is 5.96 Å². The van der Waals surface area contributed by atoms with E-state index in [1.54, 1.807) is 0 Å². The van der Waals surface area contributed by atoms with Crippen LogP contribution in [0.2, 0.25) is 0 Å². The third kappa shape index (κ3) is 6.97. The van der Waals surface area contributed by atoms with Crippen LogP contribution in [0.15, 0.2) is 29.3 Å². The zero-order valence-corrected chi connectivity index (χ0v) is 16.7. The molecule has 5 heteroatoms. The molecule has 0 spiro atoms. The molecule has 4 nitrogen and oxygen atoms in total. The SMILES string of the molecule is CCCOc1cccc(CCN=C(N)N2CCCC(C)C2)c1.I. The van der Waals surface area contributed by atoms with Crippen LogP contribution >= 0.6 is 24.0 Å². The fourth-order valence-electron chi connectivity index (χ4n) is 2.81. The Hall–Kier alpha value is -0.980. The van der Waals surface area contributed by atoms with Crippen LogP contribution in [0.3, 0.4) is 0 Å². The molecule has 1 heterocycles. The summed E-state index contributed by atoms with van der Waals surface area (Å²) in [5.74, 6) is 2.36. The smallest absolute Gasteiger partial charge is 0.191 e. The Morgan fingerprint density at radius 3 is 3.00 bits per heavy atom. The number of ether oxygens (including phenoxy) is 1. The van der Waals surface area contributed by atoms with Crippen molar-refractivity contribution in [2.75, 3.05) is 26.2 Å². The van der Waals surface area contributed by atoms with Crippen molar-refractivity contribution in [3.05, 3.63) is 29.8 Å². The second-order valence-corrected chi connectivity index (χ2v) is 6.18. The van der Waals surface area contributed by atoms with Crippen LogP contribution in [-0.4, -0.2) is 37.1 Å². The highest BCUT2D eigenvalue weighted by Crippen LogP contribution is 2.16. The molecule has 0 aromatic heterocycles. The summed E-state index contributed by atoms with van der Waals surface area (Å²) in [6.45, 7) is 7.97. The Kier molecular flexibility index (Phi) is 9.36. The van der Waals surface area contributed by atoms with Gasteiger partial charge in [0, 0.05) is 19.6 Å². The van der Waals surface area contributed by atoms with E-state index in [2.05, 4.69) is 35.9 Å². The summed E-state index contributed by atoms with van der Waals surface area (Å²) < 4.78 is 5.66. The summed E-state index contributed by atoms with van der Waals surface area (Å²) in [7, 11) is 0. The first kappa shape index (κ1) is 20.1. The number of nitrogens with two attached hydrogens (primary N) is 1. The molecule has 1 unspecified atom stereocenters. The van der Waals surface area contributed by atoms with Gasteiger partial charge in [-0.05, 0) is 49.3 Å². The first-order valence-corrected chi connectivity index (χ1v) is 8.45. The summed E-state index contributed by atoms with van der Waals surface area (Å²) in [6, 6.07) is 8.27. The largest absolute Gasteiger partial charge is 0.494 e. The van der Waals surface area contributed by atoms with Gasteiger partial charge in [-0.25, -0.2) is 0 Å². The number of hydrogen-bond donors (Lipinski definition) is 1. The van der Waals surface area contributed by atoms with Gasteiger partial charge < -0.3 is 15.4 Å². The highest BCUT2D eigenvalue weighted by Gasteiger charge is 2.17. The van der Waals surface area contributed by atoms with Crippen LogP contribution in [0.5, 0.6) is 5.75 Å². The maximum Gasteiger partial charge on any atom is 0.191 e. The van der Waals surface area contributed by atoms with Crippen molar-refractivity contribution in [1.29, 1.82) is 0 Å². The van der Waals surface area contributed by atoms with E-state index in [0.717, 1.165) is 50.8 Å². The van der Waals surface area contributed by atoms with Crippen molar-refractivity contribution >= 4 is 29.9 Å². The lowest BCUT2D eigenvalue weighted by atomic mass is 10.0. The minimum Gasteiger partial charge on any atom is -0.494 e. The molecule has 0 aliphatic carbocycles. The van der Waals surface area contributed by atoms with Crippen LogP contribution < -0.4 is 10.5 Å². The molecule has 23 heavy (non-hydrogen) atoms. The lowest BCUT2D eigenvalue weighted by molar-refractivity contribution is 0.270. The maximum atomic E-state index is 6.12. The van der Waals surface area contributed by atoms with E-state index in [9.17, 15) is 0 Å². The molecule has 1 fully saturated rings. The van der Waals surface area contributed by atoms with Gasteiger partial charge in [0.05, 0.1) is 6.61 Å². The van der Waals surface area contributed by atoms with Crippen molar-refractivity contribution in [3.63, 3.8) is 0 Å². The summed E-state index contributed by atoms with van der Waals surface area (Å²) in [5.41, 5.74) is 7.37. The van der Waals surface area contributed by atoms with Crippen molar-refractivity contribution in [3.8, 4) is 5.75 Å². The van der Waals surface area contributed by atoms with Gasteiger partial charge in [0.2, 0.25) is 0 Å². The van der Waals surface area contributed by atoms with Crippen LogP contribution in [0.1, 0.15) is 38.7 Å². The third-order valence-corrected chi connectivity index (χ3v) is 4.03. The van der Waals surface area contributed by atoms with E-state index >= 15 is 0 Å². The molecular formula is C18H30IN3O. The predicted octanol–water partition coefficient (Wildman–Crippen LogP) is 3.68. The molecule has 1 aromatic carbocycles. The van der Waals surface area contributed by atoms with E-state index in [1.807, 2.05) is 12.1 Å². The fraction of sp³-hybridized carbons (Fsp3) is 0.611. The van der Waals surface area contributed by atoms with E-state index < -0.39 is 0 Å². The average molecular weight is 431 g/mol. The summed E-state index contributed by atoms with van der Waals surface area (Å²) in [5, 5.41) is 0. The first-order valence-electron chi connectivity index (χ1n) is 8.45. The van der Waals surface area contributed by atoms with Gasteiger partial charge in [-0.3, -0.25) is 4.99 Å². The van der Waals surface area contributed by atoms with Gasteiger partial charge in [-0.1, -0.05) is 26.0 Å². The third-order valence-electron chi connectivity index (χ3n) is 4.03. The molecule has 2 N–H and O–H groups in total. The van der Waals surface area contributed by atoms with E-state index in [0.29, 0.717) is 5.96 Å². The topological polar surface area (TPSA) is 50.9 Å². The minimum atomic E-state index is 0. The standard InChI is InChI=1S/C18H29N3O.HI/c1-3-12-22-17-8-4-7-16(13-17)9-10-20-18(19)21-11-5-6-15(2)14-21;/h4,7-8,13,15H,3,5-6,9-12,14H2,1-2H3,(H2,19,20);1H. The predicted molar refractivity (Wildman–Crippen MR) is 108 cm³/mol. The number of piperidine rings is 1. The van der Waals surface area contributed by atoms with E-state index in [-0.39, 0.29) is 24.0 Å². The minimum absolute atomic E-state index is 0. The Labute approximate surface area is 157 Å². The second-order valence-electron chi connectivity index (χ2n) is 6.18. The van der Waals surface area contributed by atoms with Crippen LogP contribution in [0.25, 0.3) is 0 Å². The molecule has 0 radical (unpaired) electrons. The van der Waals surface area contributed by atoms with Crippen LogP contribution in [0.4, 0.5) is 0 Å². The monoisotopic (exact) mass is 431 g/mol. The summed E-state index contributed by atoms with van der Waals surface area (Å²) in [6.07, 6.45) is 4.44. The zero-order chi connectivity index (χ0) is 15.8. The van der Waals surface area contributed by atoms with Gasteiger partial charge in [0.1, 0.15) is 5.75 Å². The Balaban J connectivity index is 0.00000264.